The van der Waals surface area contributed by atoms with Crippen molar-refractivity contribution in [3.63, 3.8) is 0 Å². The highest BCUT2D eigenvalue weighted by Gasteiger charge is 2.29. The molecule has 7 heteroatoms. The Bertz CT molecular complexity index is 1190. The lowest BCUT2D eigenvalue weighted by atomic mass is 10.0. The van der Waals surface area contributed by atoms with E-state index in [0.29, 0.717) is 36.3 Å². The number of anilines is 2. The number of hydrogen-bond donors (Lipinski definition) is 1. The normalized spacial score (nSPS) is 13.6. The summed E-state index contributed by atoms with van der Waals surface area (Å²) >= 11 is 0. The van der Waals surface area contributed by atoms with Gasteiger partial charge in [0.05, 0.1) is 10.6 Å². The Morgan fingerprint density at radius 2 is 1.70 bits per heavy atom. The molecule has 30 heavy (non-hydrogen) atoms. The minimum Gasteiger partial charge on any atom is -0.322 e. The predicted octanol–water partition coefficient (Wildman–Crippen LogP) is 4.53. The van der Waals surface area contributed by atoms with E-state index in [1.54, 1.807) is 24.3 Å². The Morgan fingerprint density at radius 3 is 2.40 bits per heavy atom. The SMILES string of the molecule is Cc1ccc(C(=O)Nc2ccc3c(c2)CCCN3S(=O)(=O)c2ccc(F)cc2)cc1. The van der Waals surface area contributed by atoms with E-state index in [2.05, 4.69) is 5.32 Å². The Morgan fingerprint density at radius 1 is 1.00 bits per heavy atom. The molecular weight excluding hydrogens is 403 g/mol. The maximum absolute atomic E-state index is 13.2. The second-order valence-electron chi connectivity index (χ2n) is 7.30. The molecule has 0 spiro atoms. The molecule has 0 aromatic heterocycles. The maximum Gasteiger partial charge on any atom is 0.264 e. The molecule has 4 rings (SSSR count). The molecule has 0 aliphatic carbocycles. The number of sulfonamides is 1. The van der Waals surface area contributed by atoms with E-state index in [-0.39, 0.29) is 10.8 Å². The Hall–Kier alpha value is -3.19. The zero-order valence-electron chi connectivity index (χ0n) is 16.4. The number of aryl methyl sites for hydroxylation is 2. The van der Waals surface area contributed by atoms with Gasteiger partial charge in [-0.25, -0.2) is 12.8 Å². The van der Waals surface area contributed by atoms with Crippen LogP contribution >= 0.6 is 0 Å². The number of nitrogens with zero attached hydrogens (tertiary/aromatic N) is 1. The van der Waals surface area contributed by atoms with Crippen LogP contribution in [0, 0.1) is 12.7 Å². The molecule has 0 saturated heterocycles. The monoisotopic (exact) mass is 424 g/mol. The number of benzene rings is 3. The summed E-state index contributed by atoms with van der Waals surface area (Å²) in [6, 6.07) is 17.3. The molecule has 3 aromatic carbocycles. The van der Waals surface area contributed by atoms with Gasteiger partial charge in [-0.1, -0.05) is 17.7 Å². The third-order valence-electron chi connectivity index (χ3n) is 5.13. The summed E-state index contributed by atoms with van der Waals surface area (Å²) in [5, 5.41) is 2.87. The van der Waals surface area contributed by atoms with Crippen LogP contribution in [0.5, 0.6) is 0 Å². The first-order valence-corrected chi connectivity index (χ1v) is 11.1. The topological polar surface area (TPSA) is 66.5 Å². The van der Waals surface area contributed by atoms with E-state index in [9.17, 15) is 17.6 Å². The van der Waals surface area contributed by atoms with Crippen LogP contribution in [0.3, 0.4) is 0 Å². The van der Waals surface area contributed by atoms with E-state index in [1.165, 1.54) is 16.4 Å². The summed E-state index contributed by atoms with van der Waals surface area (Å²) < 4.78 is 40.7. The fourth-order valence-electron chi connectivity index (χ4n) is 3.53. The number of amides is 1. The zero-order chi connectivity index (χ0) is 21.3. The van der Waals surface area contributed by atoms with Gasteiger partial charge in [0.15, 0.2) is 0 Å². The molecule has 0 bridgehead atoms. The minimum atomic E-state index is -3.80. The Labute approximate surface area is 175 Å². The molecule has 3 aromatic rings. The van der Waals surface area contributed by atoms with Crippen LogP contribution in [0.15, 0.2) is 71.6 Å². The van der Waals surface area contributed by atoms with Crippen molar-refractivity contribution in [2.24, 2.45) is 0 Å². The second kappa shape index (κ2) is 7.91. The smallest absolute Gasteiger partial charge is 0.264 e. The fraction of sp³-hybridized carbons (Fsp3) is 0.174. The van der Waals surface area contributed by atoms with Gasteiger partial charge in [0.25, 0.3) is 15.9 Å². The predicted molar refractivity (Wildman–Crippen MR) is 115 cm³/mol. The van der Waals surface area contributed by atoms with Gasteiger partial charge in [0.1, 0.15) is 5.82 Å². The van der Waals surface area contributed by atoms with Gasteiger partial charge < -0.3 is 5.32 Å². The summed E-state index contributed by atoms with van der Waals surface area (Å²) in [4.78, 5) is 12.5. The molecule has 1 N–H and O–H groups in total. The van der Waals surface area contributed by atoms with Crippen molar-refractivity contribution in [2.75, 3.05) is 16.2 Å². The molecule has 0 radical (unpaired) electrons. The van der Waals surface area contributed by atoms with Gasteiger partial charge in [-0.05, 0) is 79.9 Å². The number of carbonyl (C=O) groups excluding carboxylic acids is 1. The number of carbonyl (C=O) groups is 1. The van der Waals surface area contributed by atoms with Crippen molar-refractivity contribution >= 4 is 27.3 Å². The van der Waals surface area contributed by atoms with Gasteiger partial charge >= 0.3 is 0 Å². The molecule has 0 saturated carbocycles. The van der Waals surface area contributed by atoms with Gasteiger partial charge in [-0.15, -0.1) is 0 Å². The van der Waals surface area contributed by atoms with Gasteiger partial charge in [0.2, 0.25) is 0 Å². The highest BCUT2D eigenvalue weighted by atomic mass is 32.2. The van der Waals surface area contributed by atoms with E-state index in [0.717, 1.165) is 23.3 Å². The summed E-state index contributed by atoms with van der Waals surface area (Å²) in [5.74, 6) is -0.705. The van der Waals surface area contributed by atoms with Crippen molar-refractivity contribution in [2.45, 2.75) is 24.7 Å². The Balaban J connectivity index is 1.60. The summed E-state index contributed by atoms with van der Waals surface area (Å²) in [5.41, 5.74) is 3.66. The quantitative estimate of drug-likeness (QED) is 0.669. The highest BCUT2D eigenvalue weighted by Crippen LogP contribution is 2.34. The first-order chi connectivity index (χ1) is 14.3. The van der Waals surface area contributed by atoms with Crippen LogP contribution in [0.2, 0.25) is 0 Å². The average Bonchev–Trinajstić information content (AvgIpc) is 2.74. The van der Waals surface area contributed by atoms with Crippen LogP contribution in [-0.4, -0.2) is 20.9 Å². The van der Waals surface area contributed by atoms with Crippen molar-refractivity contribution in [1.82, 2.24) is 0 Å². The van der Waals surface area contributed by atoms with Crippen LogP contribution < -0.4 is 9.62 Å². The van der Waals surface area contributed by atoms with Crippen LogP contribution in [0.4, 0.5) is 15.8 Å². The maximum atomic E-state index is 13.2. The third kappa shape index (κ3) is 3.93. The van der Waals surface area contributed by atoms with Crippen LogP contribution in [-0.2, 0) is 16.4 Å². The molecule has 0 unspecified atom stereocenters. The number of fused-ring (bicyclic) bond motifs is 1. The van der Waals surface area contributed by atoms with E-state index >= 15 is 0 Å². The first kappa shape index (κ1) is 20.1. The number of hydrogen-bond acceptors (Lipinski definition) is 3. The van der Waals surface area contributed by atoms with Crippen LogP contribution in [0.1, 0.15) is 27.9 Å². The lowest BCUT2D eigenvalue weighted by molar-refractivity contribution is 0.102. The fourth-order valence-corrected chi connectivity index (χ4v) is 5.07. The molecule has 0 atom stereocenters. The van der Waals surface area contributed by atoms with Crippen molar-refractivity contribution in [3.8, 4) is 0 Å². The molecule has 154 valence electrons. The minimum absolute atomic E-state index is 0.0495. The zero-order valence-corrected chi connectivity index (χ0v) is 17.2. The molecule has 0 fully saturated rings. The largest absolute Gasteiger partial charge is 0.322 e. The summed E-state index contributed by atoms with van der Waals surface area (Å²) in [6.45, 7) is 2.30. The van der Waals surface area contributed by atoms with Gasteiger partial charge in [-0.3, -0.25) is 9.10 Å². The molecule has 1 amide bonds. The number of nitrogens with one attached hydrogen (secondary N) is 1. The molecule has 1 heterocycles. The standard InChI is InChI=1S/C23H21FN2O3S/c1-16-4-6-17(7-5-16)23(27)25-20-10-13-22-18(15-20)3-2-14-26(22)30(28,29)21-11-8-19(24)9-12-21/h4-13,15H,2-3,14H2,1H3,(H,25,27). The Kier molecular flexibility index (Phi) is 5.30. The third-order valence-corrected chi connectivity index (χ3v) is 6.96. The van der Waals surface area contributed by atoms with Crippen molar-refractivity contribution < 1.29 is 17.6 Å². The van der Waals surface area contributed by atoms with Gasteiger partial charge in [0, 0.05) is 17.8 Å². The molecule has 1 aliphatic heterocycles. The first-order valence-electron chi connectivity index (χ1n) is 9.64. The van der Waals surface area contributed by atoms with Crippen molar-refractivity contribution in [1.29, 1.82) is 0 Å². The lowest BCUT2D eigenvalue weighted by Gasteiger charge is -2.31. The van der Waals surface area contributed by atoms with E-state index in [1.807, 2.05) is 25.1 Å². The lowest BCUT2D eigenvalue weighted by Crippen LogP contribution is -2.35. The summed E-state index contributed by atoms with van der Waals surface area (Å²) in [7, 11) is -3.80. The van der Waals surface area contributed by atoms with Crippen LogP contribution in [0.25, 0.3) is 0 Å². The number of halogens is 1. The van der Waals surface area contributed by atoms with E-state index in [4.69, 9.17) is 0 Å². The van der Waals surface area contributed by atoms with Gasteiger partial charge in [-0.2, -0.15) is 0 Å². The molecule has 5 nitrogen and oxygen atoms in total. The van der Waals surface area contributed by atoms with Crippen molar-refractivity contribution in [3.05, 3.63) is 89.2 Å². The summed E-state index contributed by atoms with van der Waals surface area (Å²) in [6.07, 6.45) is 1.36. The number of rotatable bonds is 4. The average molecular weight is 424 g/mol. The molecular formula is C23H21FN2O3S. The van der Waals surface area contributed by atoms with E-state index < -0.39 is 15.8 Å². The molecule has 1 aliphatic rings. The highest BCUT2D eigenvalue weighted by molar-refractivity contribution is 7.92. The second-order valence-corrected chi connectivity index (χ2v) is 9.16.